The number of aromatic nitrogens is 1. The molecule has 0 fully saturated rings. The third-order valence-electron chi connectivity index (χ3n) is 2.02. The first-order valence-electron chi connectivity index (χ1n) is 4.64. The third kappa shape index (κ3) is 2.14. The first-order chi connectivity index (χ1) is 7.79. The Balaban J connectivity index is 2.21. The van der Waals surface area contributed by atoms with Crippen molar-refractivity contribution in [2.75, 3.05) is 5.32 Å². The van der Waals surface area contributed by atoms with E-state index in [1.165, 1.54) is 6.07 Å². The summed E-state index contributed by atoms with van der Waals surface area (Å²) in [5.41, 5.74) is 1.08. The van der Waals surface area contributed by atoms with Crippen molar-refractivity contribution in [3.05, 3.63) is 47.5 Å². The zero-order valence-electron chi connectivity index (χ0n) is 8.29. The predicted molar refractivity (Wildman–Crippen MR) is 61.1 cm³/mol. The number of pyridine rings is 1. The molecule has 0 aliphatic heterocycles. The van der Waals surface area contributed by atoms with Crippen molar-refractivity contribution in [2.45, 2.75) is 0 Å². The van der Waals surface area contributed by atoms with E-state index in [-0.39, 0.29) is 5.75 Å². The van der Waals surface area contributed by atoms with Crippen LogP contribution in [0.25, 0.3) is 0 Å². The molecule has 0 aliphatic carbocycles. The van der Waals surface area contributed by atoms with Crippen molar-refractivity contribution in [3.8, 4) is 5.75 Å². The molecule has 2 aromatic rings. The van der Waals surface area contributed by atoms with Crippen molar-refractivity contribution in [1.82, 2.24) is 4.98 Å². The molecular weight excluding hydrogens is 206 g/mol. The van der Waals surface area contributed by atoms with Gasteiger partial charge in [0.15, 0.2) is 11.6 Å². The van der Waals surface area contributed by atoms with Crippen molar-refractivity contribution in [2.24, 2.45) is 5.18 Å². The summed E-state index contributed by atoms with van der Waals surface area (Å²) in [5, 5.41) is 15.2. The summed E-state index contributed by atoms with van der Waals surface area (Å²) >= 11 is 0. The molecule has 16 heavy (non-hydrogen) atoms. The Labute approximate surface area is 91.7 Å². The molecule has 0 saturated carbocycles. The zero-order chi connectivity index (χ0) is 11.4. The van der Waals surface area contributed by atoms with E-state index >= 15 is 0 Å². The maximum atomic E-state index is 10.2. The van der Waals surface area contributed by atoms with Crippen LogP contribution in [0.4, 0.5) is 17.2 Å². The van der Waals surface area contributed by atoms with Crippen LogP contribution in [0.2, 0.25) is 0 Å². The molecule has 0 saturated heterocycles. The number of benzene rings is 1. The van der Waals surface area contributed by atoms with Crippen LogP contribution in [0.3, 0.4) is 0 Å². The summed E-state index contributed by atoms with van der Waals surface area (Å²) in [4.78, 5) is 14.2. The Morgan fingerprint density at radius 1 is 1.19 bits per heavy atom. The van der Waals surface area contributed by atoms with E-state index in [2.05, 4.69) is 15.5 Å². The van der Waals surface area contributed by atoms with Gasteiger partial charge in [-0.15, -0.1) is 4.91 Å². The fourth-order valence-corrected chi connectivity index (χ4v) is 1.24. The largest absolute Gasteiger partial charge is 0.504 e. The molecule has 2 rings (SSSR count). The van der Waals surface area contributed by atoms with Gasteiger partial charge in [0, 0.05) is 11.9 Å². The average molecular weight is 215 g/mol. The summed E-state index contributed by atoms with van der Waals surface area (Å²) in [6, 6.07) is 9.71. The second kappa shape index (κ2) is 4.39. The summed E-state index contributed by atoms with van der Waals surface area (Å²) in [7, 11) is 0. The summed E-state index contributed by atoms with van der Waals surface area (Å²) in [5.74, 6) is 0.439. The minimum absolute atomic E-state index is 0.0695. The highest BCUT2D eigenvalue weighted by Gasteiger charge is 2.01. The van der Waals surface area contributed by atoms with E-state index in [4.69, 9.17) is 0 Å². The van der Waals surface area contributed by atoms with E-state index in [1.54, 1.807) is 36.5 Å². The van der Waals surface area contributed by atoms with Crippen LogP contribution in [0, 0.1) is 4.91 Å². The number of hydrogen-bond donors (Lipinski definition) is 2. The second-order valence-corrected chi connectivity index (χ2v) is 3.13. The van der Waals surface area contributed by atoms with E-state index < -0.39 is 0 Å². The topological polar surface area (TPSA) is 74.6 Å². The molecule has 0 aliphatic rings. The van der Waals surface area contributed by atoms with Crippen LogP contribution >= 0.6 is 0 Å². The molecule has 0 spiro atoms. The number of hydrogen-bond acceptors (Lipinski definition) is 5. The van der Waals surface area contributed by atoms with Crippen LogP contribution in [0.1, 0.15) is 0 Å². The number of rotatable bonds is 3. The van der Waals surface area contributed by atoms with Gasteiger partial charge in [-0.25, -0.2) is 4.98 Å². The Morgan fingerprint density at radius 3 is 2.56 bits per heavy atom. The molecule has 80 valence electrons. The molecule has 1 aromatic carbocycles. The summed E-state index contributed by atoms with van der Waals surface area (Å²) in [6.45, 7) is 0. The average Bonchev–Trinajstić information content (AvgIpc) is 2.33. The van der Waals surface area contributed by atoms with Gasteiger partial charge in [-0.2, -0.15) is 0 Å². The molecule has 0 amide bonds. The van der Waals surface area contributed by atoms with Gasteiger partial charge in [0.25, 0.3) is 0 Å². The van der Waals surface area contributed by atoms with E-state index in [0.29, 0.717) is 11.5 Å². The van der Waals surface area contributed by atoms with Crippen LogP contribution in [-0.2, 0) is 0 Å². The number of nitrogens with one attached hydrogen (secondary N) is 1. The molecule has 5 heteroatoms. The monoisotopic (exact) mass is 215 g/mol. The SMILES string of the molecule is O=Nc1ccc(Nc2ncccc2O)cc1. The van der Waals surface area contributed by atoms with Gasteiger partial charge in [-0.3, -0.25) is 0 Å². The summed E-state index contributed by atoms with van der Waals surface area (Å²) in [6.07, 6.45) is 1.57. The van der Waals surface area contributed by atoms with Crippen LogP contribution < -0.4 is 5.32 Å². The third-order valence-corrected chi connectivity index (χ3v) is 2.02. The van der Waals surface area contributed by atoms with E-state index in [0.717, 1.165) is 5.69 Å². The minimum atomic E-state index is 0.0695. The lowest BCUT2D eigenvalue weighted by Crippen LogP contribution is -1.92. The summed E-state index contributed by atoms with van der Waals surface area (Å²) < 4.78 is 0. The first-order valence-corrected chi connectivity index (χ1v) is 4.64. The Morgan fingerprint density at radius 2 is 1.94 bits per heavy atom. The Hall–Kier alpha value is -2.43. The highest BCUT2D eigenvalue weighted by molar-refractivity contribution is 5.63. The van der Waals surface area contributed by atoms with Crippen LogP contribution in [0.15, 0.2) is 47.8 Å². The molecule has 0 radical (unpaired) electrons. The van der Waals surface area contributed by atoms with Gasteiger partial charge in [0.05, 0.1) is 0 Å². The molecule has 1 heterocycles. The van der Waals surface area contributed by atoms with Crippen molar-refractivity contribution >= 4 is 17.2 Å². The van der Waals surface area contributed by atoms with Crippen molar-refractivity contribution in [1.29, 1.82) is 0 Å². The molecule has 2 N–H and O–H groups in total. The van der Waals surface area contributed by atoms with Crippen LogP contribution in [0.5, 0.6) is 5.75 Å². The zero-order valence-corrected chi connectivity index (χ0v) is 8.29. The molecule has 1 aromatic heterocycles. The quantitative estimate of drug-likeness (QED) is 0.772. The van der Waals surface area contributed by atoms with Crippen molar-refractivity contribution < 1.29 is 5.11 Å². The predicted octanol–water partition coefficient (Wildman–Crippen LogP) is 2.93. The first kappa shape index (κ1) is 10.1. The lowest BCUT2D eigenvalue weighted by Gasteiger charge is -2.06. The standard InChI is InChI=1S/C11H9N3O2/c15-10-2-1-7-12-11(10)13-8-3-5-9(14-16)6-4-8/h1-7,15H,(H,12,13). The number of aromatic hydroxyl groups is 1. The molecule has 5 nitrogen and oxygen atoms in total. The number of nitroso groups, excluding NO2 is 1. The molecule has 0 unspecified atom stereocenters. The van der Waals surface area contributed by atoms with Gasteiger partial charge in [-0.05, 0) is 41.6 Å². The Bertz CT molecular complexity index is 497. The van der Waals surface area contributed by atoms with E-state index in [9.17, 15) is 10.0 Å². The lowest BCUT2D eigenvalue weighted by atomic mass is 10.3. The van der Waals surface area contributed by atoms with Crippen LogP contribution in [-0.4, -0.2) is 10.1 Å². The fraction of sp³-hybridized carbons (Fsp3) is 0. The van der Waals surface area contributed by atoms with E-state index in [1.807, 2.05) is 0 Å². The number of nitrogens with zero attached hydrogens (tertiary/aromatic N) is 2. The maximum absolute atomic E-state index is 10.2. The van der Waals surface area contributed by atoms with Crippen molar-refractivity contribution in [3.63, 3.8) is 0 Å². The molecule has 0 atom stereocenters. The van der Waals surface area contributed by atoms with Gasteiger partial charge in [-0.1, -0.05) is 0 Å². The fourth-order valence-electron chi connectivity index (χ4n) is 1.24. The highest BCUT2D eigenvalue weighted by Crippen LogP contribution is 2.24. The normalized spacial score (nSPS) is 9.75. The maximum Gasteiger partial charge on any atom is 0.172 e. The molecule has 0 bridgehead atoms. The van der Waals surface area contributed by atoms with Gasteiger partial charge >= 0.3 is 0 Å². The number of anilines is 2. The van der Waals surface area contributed by atoms with Gasteiger partial charge < -0.3 is 10.4 Å². The lowest BCUT2D eigenvalue weighted by molar-refractivity contribution is 0.475. The van der Waals surface area contributed by atoms with Gasteiger partial charge in [0.1, 0.15) is 5.69 Å². The smallest absolute Gasteiger partial charge is 0.172 e. The minimum Gasteiger partial charge on any atom is -0.504 e. The van der Waals surface area contributed by atoms with Gasteiger partial charge in [0.2, 0.25) is 0 Å². The molecular formula is C11H9N3O2. The Kier molecular flexibility index (Phi) is 2.77. The second-order valence-electron chi connectivity index (χ2n) is 3.13. The highest BCUT2D eigenvalue weighted by atomic mass is 16.3.